The second-order valence-corrected chi connectivity index (χ2v) is 8.72. The van der Waals surface area contributed by atoms with E-state index in [4.69, 9.17) is 4.74 Å². The first-order chi connectivity index (χ1) is 15.2. The second kappa shape index (κ2) is 17.1. The first kappa shape index (κ1) is 29.5. The molecule has 0 aliphatic heterocycles. The maximum Gasteiger partial charge on any atom is 0.221 e. The molecule has 1 aromatic carbocycles. The molecule has 0 spiro atoms. The van der Waals surface area contributed by atoms with Crippen LogP contribution in [0.15, 0.2) is 36.2 Å². The summed E-state index contributed by atoms with van der Waals surface area (Å²) in [6, 6.07) is 9.78. The highest BCUT2D eigenvalue weighted by atomic mass is 16.5. The molecule has 2 N–H and O–H groups in total. The molecule has 5 heteroatoms. The zero-order chi connectivity index (χ0) is 24.4. The molecule has 1 atom stereocenters. The van der Waals surface area contributed by atoms with Crippen LogP contribution in [0.3, 0.4) is 0 Å². The zero-order valence-corrected chi connectivity index (χ0v) is 21.4. The Morgan fingerprint density at radius 3 is 2.31 bits per heavy atom. The first-order valence-electron chi connectivity index (χ1n) is 12.1. The molecule has 1 aromatic rings. The van der Waals surface area contributed by atoms with E-state index in [0.29, 0.717) is 12.8 Å². The standard InChI is InChI=1S/C25H39N3O2.C2H6/c1-6-11-24(30-25(3,4)5)27-17-10-8-7-9-12-23(29)28-22(19-26)18-21-15-13-20(2)14-16-21;1-2/h11,13-16,22,27H,6-10,12,17-18H2,1-5H3,(H,28,29);1-2H3/b24-11-;. The summed E-state index contributed by atoms with van der Waals surface area (Å²) in [4.78, 5) is 12.1. The summed E-state index contributed by atoms with van der Waals surface area (Å²) in [5, 5.41) is 15.5. The molecular weight excluding hydrogens is 398 g/mol. The van der Waals surface area contributed by atoms with Gasteiger partial charge in [0.15, 0.2) is 5.88 Å². The van der Waals surface area contributed by atoms with Crippen LogP contribution in [0.2, 0.25) is 0 Å². The van der Waals surface area contributed by atoms with Gasteiger partial charge >= 0.3 is 0 Å². The van der Waals surface area contributed by atoms with Crippen molar-refractivity contribution in [3.8, 4) is 6.07 Å². The summed E-state index contributed by atoms with van der Waals surface area (Å²) in [5.41, 5.74) is 2.04. The van der Waals surface area contributed by atoms with Gasteiger partial charge in [0.1, 0.15) is 11.6 Å². The van der Waals surface area contributed by atoms with Gasteiger partial charge in [-0.05, 0) is 58.6 Å². The number of nitrogens with one attached hydrogen (secondary N) is 2. The monoisotopic (exact) mass is 443 g/mol. The number of allylic oxidation sites excluding steroid dienone is 1. The average molecular weight is 444 g/mol. The number of carbonyl (C=O) groups is 1. The summed E-state index contributed by atoms with van der Waals surface area (Å²) in [5.74, 6) is 0.805. The maximum absolute atomic E-state index is 12.1. The summed E-state index contributed by atoms with van der Waals surface area (Å²) >= 11 is 0. The Balaban J connectivity index is 0.00000466. The van der Waals surface area contributed by atoms with Crippen LogP contribution in [-0.2, 0) is 16.0 Å². The Morgan fingerprint density at radius 2 is 1.75 bits per heavy atom. The lowest BCUT2D eigenvalue weighted by atomic mass is 10.0. The van der Waals surface area contributed by atoms with Crippen molar-refractivity contribution in [3.05, 3.63) is 47.4 Å². The van der Waals surface area contributed by atoms with Crippen molar-refractivity contribution in [1.82, 2.24) is 10.6 Å². The minimum atomic E-state index is -0.476. The van der Waals surface area contributed by atoms with E-state index in [-0.39, 0.29) is 11.5 Å². The number of rotatable bonds is 13. The van der Waals surface area contributed by atoms with Crippen LogP contribution < -0.4 is 10.6 Å². The number of amides is 1. The molecule has 0 aliphatic carbocycles. The van der Waals surface area contributed by atoms with Gasteiger partial charge in [0.05, 0.1) is 6.07 Å². The average Bonchev–Trinajstić information content (AvgIpc) is 2.74. The Hall–Kier alpha value is -2.48. The van der Waals surface area contributed by atoms with Crippen molar-refractivity contribution in [2.45, 2.75) is 105 Å². The van der Waals surface area contributed by atoms with Gasteiger partial charge in [0.25, 0.3) is 0 Å². The van der Waals surface area contributed by atoms with E-state index in [9.17, 15) is 10.1 Å². The molecular formula is C27H45N3O2. The molecule has 180 valence electrons. The number of unbranched alkanes of at least 4 members (excludes halogenated alkanes) is 3. The summed E-state index contributed by atoms with van der Waals surface area (Å²) in [7, 11) is 0. The molecule has 32 heavy (non-hydrogen) atoms. The van der Waals surface area contributed by atoms with Crippen LogP contribution in [-0.4, -0.2) is 24.1 Å². The lowest BCUT2D eigenvalue weighted by Crippen LogP contribution is -2.35. The van der Waals surface area contributed by atoms with Crippen molar-refractivity contribution in [3.63, 3.8) is 0 Å². The van der Waals surface area contributed by atoms with Gasteiger partial charge in [-0.3, -0.25) is 4.79 Å². The van der Waals surface area contributed by atoms with Crippen molar-refractivity contribution in [2.75, 3.05) is 6.54 Å². The number of ether oxygens (including phenoxy) is 1. The lowest BCUT2D eigenvalue weighted by molar-refractivity contribution is -0.121. The molecule has 1 rings (SSSR count). The van der Waals surface area contributed by atoms with E-state index in [0.717, 1.165) is 50.1 Å². The zero-order valence-electron chi connectivity index (χ0n) is 21.4. The second-order valence-electron chi connectivity index (χ2n) is 8.72. The quantitative estimate of drug-likeness (QED) is 0.282. The van der Waals surface area contributed by atoms with Gasteiger partial charge in [-0.25, -0.2) is 0 Å². The van der Waals surface area contributed by atoms with Crippen molar-refractivity contribution >= 4 is 5.91 Å². The van der Waals surface area contributed by atoms with E-state index < -0.39 is 6.04 Å². The first-order valence-corrected chi connectivity index (χ1v) is 12.1. The van der Waals surface area contributed by atoms with E-state index in [1.54, 1.807) is 0 Å². The molecule has 0 saturated heterocycles. The largest absolute Gasteiger partial charge is 0.474 e. The summed E-state index contributed by atoms with van der Waals surface area (Å²) < 4.78 is 5.90. The highest BCUT2D eigenvalue weighted by Crippen LogP contribution is 2.13. The van der Waals surface area contributed by atoms with E-state index in [2.05, 4.69) is 29.7 Å². The number of hydrogen-bond donors (Lipinski definition) is 2. The molecule has 1 unspecified atom stereocenters. The van der Waals surface area contributed by atoms with Crippen molar-refractivity contribution in [2.24, 2.45) is 0 Å². The maximum atomic E-state index is 12.1. The lowest BCUT2D eigenvalue weighted by Gasteiger charge is -2.24. The van der Waals surface area contributed by atoms with Crippen LogP contribution in [0, 0.1) is 18.3 Å². The van der Waals surface area contributed by atoms with Crippen molar-refractivity contribution in [1.29, 1.82) is 5.26 Å². The predicted octanol–water partition coefficient (Wildman–Crippen LogP) is 6.18. The summed E-state index contributed by atoms with van der Waals surface area (Å²) in [6.45, 7) is 15.1. The molecule has 0 heterocycles. The van der Waals surface area contributed by atoms with E-state index in [1.807, 2.05) is 65.8 Å². The normalized spacial score (nSPS) is 12.1. The van der Waals surface area contributed by atoms with Crippen LogP contribution in [0.1, 0.15) is 91.2 Å². The fourth-order valence-corrected chi connectivity index (χ4v) is 3.00. The molecule has 0 fully saturated rings. The fourth-order valence-electron chi connectivity index (χ4n) is 3.00. The van der Waals surface area contributed by atoms with Crippen LogP contribution in [0.25, 0.3) is 0 Å². The Kier molecular flexibility index (Phi) is 15.8. The smallest absolute Gasteiger partial charge is 0.221 e. The minimum Gasteiger partial charge on any atom is -0.474 e. The molecule has 5 nitrogen and oxygen atoms in total. The van der Waals surface area contributed by atoms with Crippen LogP contribution in [0.4, 0.5) is 0 Å². The summed E-state index contributed by atoms with van der Waals surface area (Å²) in [6.07, 6.45) is 7.93. The molecule has 0 radical (unpaired) electrons. The molecule has 0 aromatic heterocycles. The van der Waals surface area contributed by atoms with Gasteiger partial charge in [-0.2, -0.15) is 5.26 Å². The SMILES string of the molecule is CC.CC/C=C(/NCCCCCCC(=O)NC(C#N)Cc1ccc(C)cc1)OC(C)(C)C. The number of carbonyl (C=O) groups excluding carboxylic acids is 1. The number of nitriles is 1. The van der Waals surface area contributed by atoms with E-state index >= 15 is 0 Å². The number of hydrogen-bond acceptors (Lipinski definition) is 4. The topological polar surface area (TPSA) is 74.2 Å². The Bertz CT molecular complexity index is 697. The van der Waals surface area contributed by atoms with Crippen molar-refractivity contribution < 1.29 is 9.53 Å². The third-order valence-electron chi connectivity index (χ3n) is 4.49. The molecule has 0 aliphatic rings. The van der Waals surface area contributed by atoms with Gasteiger partial charge in [-0.1, -0.05) is 63.4 Å². The highest BCUT2D eigenvalue weighted by Gasteiger charge is 2.13. The predicted molar refractivity (Wildman–Crippen MR) is 134 cm³/mol. The third-order valence-corrected chi connectivity index (χ3v) is 4.49. The Labute approximate surface area is 196 Å². The highest BCUT2D eigenvalue weighted by molar-refractivity contribution is 5.76. The van der Waals surface area contributed by atoms with Crippen LogP contribution in [0.5, 0.6) is 0 Å². The van der Waals surface area contributed by atoms with Gasteiger partial charge in [0, 0.05) is 19.4 Å². The molecule has 0 saturated carbocycles. The minimum absolute atomic E-state index is 0.0430. The van der Waals surface area contributed by atoms with Crippen LogP contribution >= 0.6 is 0 Å². The fraction of sp³-hybridized carbons (Fsp3) is 0.630. The molecule has 0 bridgehead atoms. The Morgan fingerprint density at radius 1 is 1.12 bits per heavy atom. The molecule has 1 amide bonds. The number of benzene rings is 1. The van der Waals surface area contributed by atoms with Gasteiger partial charge in [0.2, 0.25) is 5.91 Å². The number of aryl methyl sites for hydroxylation is 1. The van der Waals surface area contributed by atoms with Gasteiger partial charge < -0.3 is 15.4 Å². The van der Waals surface area contributed by atoms with Gasteiger partial charge in [-0.15, -0.1) is 0 Å². The van der Waals surface area contributed by atoms with E-state index in [1.165, 1.54) is 5.56 Å². The number of nitrogens with zero attached hydrogens (tertiary/aromatic N) is 1. The third kappa shape index (κ3) is 15.3.